The summed E-state index contributed by atoms with van der Waals surface area (Å²) in [4.78, 5) is 4.40. The molecule has 0 amide bonds. The molecule has 1 fully saturated rings. The molecule has 0 saturated carbocycles. The maximum absolute atomic E-state index is 10.3. The highest BCUT2D eigenvalue weighted by atomic mass is 16.5. The summed E-state index contributed by atoms with van der Waals surface area (Å²) in [6.07, 6.45) is 6.16. The van der Waals surface area contributed by atoms with Gasteiger partial charge < -0.3 is 9.84 Å². The van der Waals surface area contributed by atoms with Gasteiger partial charge in [-0.2, -0.15) is 0 Å². The topological polar surface area (TPSA) is 42.4 Å². The lowest BCUT2D eigenvalue weighted by atomic mass is 9.87. The van der Waals surface area contributed by atoms with Crippen molar-refractivity contribution in [1.82, 2.24) is 4.98 Å². The fraction of sp³-hybridized carbons (Fsp3) is 0.667. The summed E-state index contributed by atoms with van der Waals surface area (Å²) in [6.45, 7) is 4.88. The minimum atomic E-state index is -0.474. The fourth-order valence-electron chi connectivity index (χ4n) is 2.42. The molecule has 1 aromatic heterocycles. The molecule has 3 heteroatoms. The van der Waals surface area contributed by atoms with Crippen molar-refractivity contribution in [2.24, 2.45) is 0 Å². The molecular weight excluding hydrogens is 226 g/mol. The van der Waals surface area contributed by atoms with E-state index in [9.17, 15) is 5.11 Å². The molecule has 2 heterocycles. The summed E-state index contributed by atoms with van der Waals surface area (Å²) in [5.41, 5.74) is 1.77. The average molecular weight is 249 g/mol. The van der Waals surface area contributed by atoms with Gasteiger partial charge >= 0.3 is 0 Å². The van der Waals surface area contributed by atoms with Crippen LogP contribution in [-0.2, 0) is 17.6 Å². The number of pyridine rings is 1. The lowest BCUT2D eigenvalue weighted by Gasteiger charge is -2.37. The van der Waals surface area contributed by atoms with Crippen molar-refractivity contribution >= 4 is 0 Å². The highest BCUT2D eigenvalue weighted by Crippen LogP contribution is 2.29. The second kappa shape index (κ2) is 5.81. The second-order valence-corrected chi connectivity index (χ2v) is 5.35. The monoisotopic (exact) mass is 249 g/mol. The van der Waals surface area contributed by atoms with E-state index in [1.54, 1.807) is 0 Å². The number of rotatable bonds is 4. The molecule has 100 valence electrons. The molecule has 0 bridgehead atoms. The Labute approximate surface area is 109 Å². The van der Waals surface area contributed by atoms with Crippen molar-refractivity contribution < 1.29 is 9.84 Å². The molecule has 0 aliphatic carbocycles. The summed E-state index contributed by atoms with van der Waals surface area (Å²) < 4.78 is 5.77. The maximum atomic E-state index is 10.3. The molecule has 2 atom stereocenters. The number of hydrogen-bond acceptors (Lipinski definition) is 3. The van der Waals surface area contributed by atoms with Crippen molar-refractivity contribution in [3.8, 4) is 0 Å². The van der Waals surface area contributed by atoms with E-state index in [2.05, 4.69) is 18.0 Å². The Morgan fingerprint density at radius 1 is 1.44 bits per heavy atom. The first-order valence-corrected chi connectivity index (χ1v) is 6.90. The predicted molar refractivity (Wildman–Crippen MR) is 71.5 cm³/mol. The largest absolute Gasteiger partial charge is 0.390 e. The Balaban J connectivity index is 1.98. The van der Waals surface area contributed by atoms with Gasteiger partial charge in [0.1, 0.15) is 0 Å². The van der Waals surface area contributed by atoms with Gasteiger partial charge in [-0.05, 0) is 44.2 Å². The molecular formula is C15H23NO2. The van der Waals surface area contributed by atoms with Crippen molar-refractivity contribution in [2.45, 2.75) is 57.7 Å². The van der Waals surface area contributed by atoms with Crippen LogP contribution in [-0.4, -0.2) is 28.4 Å². The van der Waals surface area contributed by atoms with Crippen LogP contribution in [0.25, 0.3) is 0 Å². The number of nitrogens with zero attached hydrogens (tertiary/aromatic N) is 1. The minimum Gasteiger partial charge on any atom is -0.390 e. The lowest BCUT2D eigenvalue weighted by Crippen LogP contribution is -2.45. The molecule has 3 nitrogen and oxygen atoms in total. The van der Waals surface area contributed by atoms with Crippen LogP contribution in [0.5, 0.6) is 0 Å². The smallest absolute Gasteiger partial charge is 0.0916 e. The predicted octanol–water partition coefficient (Wildman–Crippen LogP) is 2.51. The Morgan fingerprint density at radius 2 is 2.28 bits per heavy atom. The van der Waals surface area contributed by atoms with E-state index >= 15 is 0 Å². The molecule has 18 heavy (non-hydrogen) atoms. The van der Waals surface area contributed by atoms with Gasteiger partial charge in [0.2, 0.25) is 0 Å². The van der Waals surface area contributed by atoms with E-state index in [4.69, 9.17) is 4.74 Å². The molecule has 0 radical (unpaired) electrons. The summed E-state index contributed by atoms with van der Waals surface area (Å²) >= 11 is 0. The van der Waals surface area contributed by atoms with E-state index in [1.807, 2.05) is 19.2 Å². The van der Waals surface area contributed by atoms with Crippen LogP contribution in [0.1, 0.15) is 44.4 Å². The number of aromatic nitrogens is 1. The molecule has 1 aromatic rings. The number of aliphatic hydroxyl groups excluding tert-OH is 1. The van der Waals surface area contributed by atoms with Crippen LogP contribution in [0.4, 0.5) is 0 Å². The van der Waals surface area contributed by atoms with Gasteiger partial charge in [0.05, 0.1) is 11.7 Å². The molecule has 0 spiro atoms. The van der Waals surface area contributed by atoms with Crippen molar-refractivity contribution in [1.29, 1.82) is 0 Å². The van der Waals surface area contributed by atoms with Gasteiger partial charge in [-0.3, -0.25) is 4.98 Å². The minimum absolute atomic E-state index is 0.399. The van der Waals surface area contributed by atoms with Gasteiger partial charge in [-0.1, -0.05) is 13.0 Å². The Bertz CT molecular complexity index is 369. The van der Waals surface area contributed by atoms with E-state index in [-0.39, 0.29) is 0 Å². The van der Waals surface area contributed by atoms with Crippen molar-refractivity contribution in [3.05, 3.63) is 29.6 Å². The van der Waals surface area contributed by atoms with Gasteiger partial charge in [-0.25, -0.2) is 0 Å². The molecule has 0 aromatic carbocycles. The van der Waals surface area contributed by atoms with Gasteiger partial charge in [0.25, 0.3) is 0 Å². The second-order valence-electron chi connectivity index (χ2n) is 5.35. The molecule has 2 rings (SSSR count). The van der Waals surface area contributed by atoms with Gasteiger partial charge in [0, 0.05) is 24.9 Å². The van der Waals surface area contributed by atoms with Crippen LogP contribution in [0.15, 0.2) is 18.3 Å². The summed E-state index contributed by atoms with van der Waals surface area (Å²) in [5.74, 6) is 0. The fourth-order valence-corrected chi connectivity index (χ4v) is 2.42. The molecule has 1 aliphatic rings. The highest BCUT2D eigenvalue weighted by molar-refractivity contribution is 5.15. The number of aliphatic hydroxyl groups is 1. The summed E-state index contributed by atoms with van der Waals surface area (Å²) in [5, 5.41) is 10.3. The third-order valence-electron chi connectivity index (χ3n) is 3.90. The van der Waals surface area contributed by atoms with Crippen LogP contribution in [0, 0.1) is 0 Å². The number of aryl methyl sites for hydroxylation is 1. The quantitative estimate of drug-likeness (QED) is 0.891. The first kappa shape index (κ1) is 13.5. The summed E-state index contributed by atoms with van der Waals surface area (Å²) in [6, 6.07) is 4.09. The van der Waals surface area contributed by atoms with E-state index in [0.717, 1.165) is 38.0 Å². The van der Waals surface area contributed by atoms with Crippen LogP contribution in [0.2, 0.25) is 0 Å². The zero-order valence-corrected chi connectivity index (χ0v) is 11.4. The molecule has 1 aliphatic heterocycles. The average Bonchev–Trinajstić information content (AvgIpc) is 2.40. The Hall–Kier alpha value is -0.930. The third kappa shape index (κ3) is 3.09. The normalized spacial score (nSPS) is 25.9. The van der Waals surface area contributed by atoms with Crippen LogP contribution >= 0.6 is 0 Å². The highest BCUT2D eigenvalue weighted by Gasteiger charge is 2.35. The van der Waals surface area contributed by atoms with E-state index in [1.165, 1.54) is 5.56 Å². The molecule has 2 unspecified atom stereocenters. The molecule has 1 saturated heterocycles. The Kier molecular flexibility index (Phi) is 4.36. The van der Waals surface area contributed by atoms with Crippen molar-refractivity contribution in [2.75, 3.05) is 6.61 Å². The van der Waals surface area contributed by atoms with Crippen LogP contribution in [0.3, 0.4) is 0 Å². The standard InChI is InChI=1S/C15H23NO2/c1-3-12-6-7-13(16-11-12)10-14(17)15(2)8-4-5-9-18-15/h6-7,11,14,17H,3-5,8-10H2,1-2H3. The lowest BCUT2D eigenvalue weighted by molar-refractivity contribution is -0.135. The van der Waals surface area contributed by atoms with Crippen LogP contribution < -0.4 is 0 Å². The number of hydrogen-bond donors (Lipinski definition) is 1. The Morgan fingerprint density at radius 3 is 2.83 bits per heavy atom. The zero-order chi connectivity index (χ0) is 13.0. The van der Waals surface area contributed by atoms with Gasteiger partial charge in [0.15, 0.2) is 0 Å². The number of ether oxygens (including phenoxy) is 1. The molecule has 1 N–H and O–H groups in total. The van der Waals surface area contributed by atoms with E-state index in [0.29, 0.717) is 6.42 Å². The van der Waals surface area contributed by atoms with Gasteiger partial charge in [-0.15, -0.1) is 0 Å². The zero-order valence-electron chi connectivity index (χ0n) is 11.4. The first-order chi connectivity index (χ1) is 8.64. The van der Waals surface area contributed by atoms with Crippen molar-refractivity contribution in [3.63, 3.8) is 0 Å². The van der Waals surface area contributed by atoms with E-state index < -0.39 is 11.7 Å². The maximum Gasteiger partial charge on any atom is 0.0916 e. The SMILES string of the molecule is CCc1ccc(CC(O)C2(C)CCCCO2)nc1. The third-order valence-corrected chi connectivity index (χ3v) is 3.90. The summed E-state index contributed by atoms with van der Waals surface area (Å²) in [7, 11) is 0. The first-order valence-electron chi connectivity index (χ1n) is 6.90.